The van der Waals surface area contributed by atoms with E-state index in [0.717, 1.165) is 15.8 Å². The molecule has 1 aromatic carbocycles. The summed E-state index contributed by atoms with van der Waals surface area (Å²) in [5, 5.41) is 13.6. The number of aromatic nitrogens is 2. The Labute approximate surface area is 211 Å². The minimum absolute atomic E-state index is 0.194. The lowest BCUT2D eigenvalue weighted by molar-refractivity contribution is -0.192. The zero-order valence-electron chi connectivity index (χ0n) is 18.3. The van der Waals surface area contributed by atoms with E-state index in [1.165, 1.54) is 23.7 Å². The number of thiophene rings is 1. The largest absolute Gasteiger partial charge is 0.490 e. The van der Waals surface area contributed by atoms with Crippen molar-refractivity contribution in [1.82, 2.24) is 20.6 Å². The number of anilines is 1. The van der Waals surface area contributed by atoms with E-state index >= 15 is 0 Å². The summed E-state index contributed by atoms with van der Waals surface area (Å²) in [5.74, 6) is -2.88. The highest BCUT2D eigenvalue weighted by Gasteiger charge is 2.43. The summed E-state index contributed by atoms with van der Waals surface area (Å²) in [6.07, 6.45) is 0.276. The molecule has 0 aliphatic carbocycles. The molecule has 14 heteroatoms. The molecule has 5 N–H and O–H groups in total. The van der Waals surface area contributed by atoms with Crippen LogP contribution in [0.4, 0.5) is 19.0 Å². The van der Waals surface area contributed by atoms with Gasteiger partial charge in [0, 0.05) is 29.3 Å². The van der Waals surface area contributed by atoms with E-state index in [2.05, 4.69) is 20.6 Å². The third kappa shape index (κ3) is 6.70. The Balaban J connectivity index is 0.000000454. The highest BCUT2D eigenvalue weighted by Crippen LogP contribution is 2.26. The molecule has 3 heterocycles. The van der Waals surface area contributed by atoms with Crippen molar-refractivity contribution in [1.29, 1.82) is 0 Å². The number of hydrogen-bond donors (Lipinski definition) is 4. The van der Waals surface area contributed by atoms with Gasteiger partial charge in [0.05, 0.1) is 9.85 Å². The van der Waals surface area contributed by atoms with Gasteiger partial charge < -0.3 is 21.5 Å². The summed E-state index contributed by atoms with van der Waals surface area (Å²) in [6, 6.07) is 9.19. The number of nitrogens with zero attached hydrogens (tertiary/aromatic N) is 2. The van der Waals surface area contributed by atoms with E-state index in [0.29, 0.717) is 35.1 Å². The molecule has 0 spiro atoms. The molecule has 1 aliphatic heterocycles. The summed E-state index contributed by atoms with van der Waals surface area (Å²) < 4.78 is 32.4. The maximum Gasteiger partial charge on any atom is 0.490 e. The zero-order chi connectivity index (χ0) is 26.5. The van der Waals surface area contributed by atoms with Crippen LogP contribution in [0.2, 0.25) is 4.34 Å². The summed E-state index contributed by atoms with van der Waals surface area (Å²) >= 11 is 7.28. The number of aliphatic carboxylic acids is 1. The number of fused-ring (bicyclic) bond motifs is 1. The van der Waals surface area contributed by atoms with Gasteiger partial charge in [-0.2, -0.15) is 13.2 Å². The maximum atomic E-state index is 12.6. The van der Waals surface area contributed by atoms with Gasteiger partial charge in [0.15, 0.2) is 0 Å². The lowest BCUT2D eigenvalue weighted by Crippen LogP contribution is -2.54. The summed E-state index contributed by atoms with van der Waals surface area (Å²) in [5.41, 5.74) is 6.44. The molecular weight excluding hydrogens is 523 g/mol. The van der Waals surface area contributed by atoms with E-state index in [9.17, 15) is 22.8 Å². The molecule has 0 saturated carbocycles. The van der Waals surface area contributed by atoms with Crippen molar-refractivity contribution in [2.75, 3.05) is 12.3 Å². The molecule has 0 radical (unpaired) electrons. The second kappa shape index (κ2) is 10.9. The van der Waals surface area contributed by atoms with Crippen LogP contribution in [-0.4, -0.2) is 51.1 Å². The van der Waals surface area contributed by atoms with E-state index in [1.54, 1.807) is 12.1 Å². The van der Waals surface area contributed by atoms with Crippen LogP contribution in [0.3, 0.4) is 0 Å². The van der Waals surface area contributed by atoms with Crippen molar-refractivity contribution in [3.63, 3.8) is 0 Å². The first kappa shape index (κ1) is 26.9. The van der Waals surface area contributed by atoms with Gasteiger partial charge in [0.2, 0.25) is 11.8 Å². The van der Waals surface area contributed by atoms with Crippen LogP contribution < -0.4 is 16.4 Å². The van der Waals surface area contributed by atoms with Crippen LogP contribution in [0.5, 0.6) is 0 Å². The Morgan fingerprint density at radius 2 is 2.00 bits per heavy atom. The first-order chi connectivity index (χ1) is 16.9. The van der Waals surface area contributed by atoms with E-state index < -0.39 is 17.7 Å². The number of rotatable bonds is 5. The van der Waals surface area contributed by atoms with Crippen LogP contribution in [0.25, 0.3) is 17.0 Å². The van der Waals surface area contributed by atoms with Gasteiger partial charge in [0.1, 0.15) is 17.7 Å². The SMILES string of the molecule is Nc1ncnc2cc(C[C@@]3(NC(=O)C=Cc4ccc(Cl)s4)CCNC3=O)ccc12.O=C(O)C(F)(F)F. The maximum absolute atomic E-state index is 12.6. The molecular formula is C22H19ClF3N5O4S. The predicted octanol–water partition coefficient (Wildman–Crippen LogP) is 3.19. The van der Waals surface area contributed by atoms with Crippen LogP contribution in [0.1, 0.15) is 16.9 Å². The van der Waals surface area contributed by atoms with Crippen molar-refractivity contribution in [2.24, 2.45) is 0 Å². The van der Waals surface area contributed by atoms with Gasteiger partial charge in [0.25, 0.3) is 0 Å². The number of benzene rings is 1. The standard InChI is InChI=1S/C20H18ClN5O2S.C2HF3O2/c21-16-5-2-13(29-16)3-6-17(27)26-20(7-8-23-19(20)28)10-12-1-4-14-15(9-12)24-11-25-18(14)22;3-2(4,5)1(6)7/h1-6,9,11H,7-8,10H2,(H,23,28)(H,26,27)(H2,22,24,25);(H,6,7)/t20-;/m0./s1. The van der Waals surface area contributed by atoms with Gasteiger partial charge in [-0.05, 0) is 42.3 Å². The number of nitrogens with two attached hydrogens (primary N) is 1. The molecule has 4 rings (SSSR count). The van der Waals surface area contributed by atoms with Gasteiger partial charge in [-0.1, -0.05) is 17.7 Å². The molecule has 2 aromatic heterocycles. The smallest absolute Gasteiger partial charge is 0.475 e. The third-order valence-electron chi connectivity index (χ3n) is 5.11. The van der Waals surface area contributed by atoms with Crippen LogP contribution in [0, 0.1) is 0 Å². The van der Waals surface area contributed by atoms with Gasteiger partial charge in [-0.15, -0.1) is 11.3 Å². The Hall–Kier alpha value is -3.71. The minimum atomic E-state index is -5.08. The van der Waals surface area contributed by atoms with E-state index in [1.807, 2.05) is 24.3 Å². The zero-order valence-corrected chi connectivity index (χ0v) is 19.9. The summed E-state index contributed by atoms with van der Waals surface area (Å²) in [7, 11) is 0. The lowest BCUT2D eigenvalue weighted by Gasteiger charge is -2.27. The second-order valence-corrected chi connectivity index (χ2v) is 9.39. The first-order valence-electron chi connectivity index (χ1n) is 10.2. The summed E-state index contributed by atoms with van der Waals surface area (Å²) in [6.45, 7) is 0.506. The molecule has 1 fully saturated rings. The number of carbonyl (C=O) groups is 3. The van der Waals surface area contributed by atoms with Gasteiger partial charge in [-0.3, -0.25) is 9.59 Å². The first-order valence-corrected chi connectivity index (χ1v) is 11.4. The number of hydrogen-bond acceptors (Lipinski definition) is 7. The van der Waals surface area contributed by atoms with Crippen molar-refractivity contribution < 1.29 is 32.7 Å². The fourth-order valence-electron chi connectivity index (χ4n) is 3.44. The van der Waals surface area contributed by atoms with Crippen molar-refractivity contribution in [2.45, 2.75) is 24.6 Å². The highest BCUT2D eigenvalue weighted by molar-refractivity contribution is 7.17. The molecule has 0 bridgehead atoms. The third-order valence-corrected chi connectivity index (χ3v) is 6.30. The van der Waals surface area contributed by atoms with Crippen LogP contribution >= 0.6 is 22.9 Å². The molecule has 1 atom stereocenters. The monoisotopic (exact) mass is 541 g/mol. The topological polar surface area (TPSA) is 147 Å². The Morgan fingerprint density at radius 1 is 1.28 bits per heavy atom. The van der Waals surface area contributed by atoms with Crippen molar-refractivity contribution in [3.8, 4) is 0 Å². The Bertz CT molecular complexity index is 1330. The van der Waals surface area contributed by atoms with Crippen molar-refractivity contribution >= 4 is 63.5 Å². The number of carboxylic acids is 1. The van der Waals surface area contributed by atoms with Gasteiger partial charge >= 0.3 is 12.1 Å². The minimum Gasteiger partial charge on any atom is -0.475 e. The number of halogens is 4. The quantitative estimate of drug-likeness (QED) is 0.363. The van der Waals surface area contributed by atoms with Crippen LogP contribution in [0.15, 0.2) is 42.7 Å². The van der Waals surface area contributed by atoms with Gasteiger partial charge in [-0.25, -0.2) is 14.8 Å². The molecule has 190 valence electrons. The molecule has 3 aromatic rings. The second-order valence-electron chi connectivity index (χ2n) is 7.64. The molecule has 2 amide bonds. The number of amides is 2. The molecule has 0 unspecified atom stereocenters. The molecule has 36 heavy (non-hydrogen) atoms. The number of alkyl halides is 3. The normalized spacial score (nSPS) is 17.5. The average Bonchev–Trinajstić information content (AvgIpc) is 3.37. The predicted molar refractivity (Wildman–Crippen MR) is 128 cm³/mol. The highest BCUT2D eigenvalue weighted by atomic mass is 35.5. The number of carboxylic acid groups (broad SMARTS) is 1. The number of carbonyl (C=O) groups excluding carboxylic acids is 2. The van der Waals surface area contributed by atoms with Crippen LogP contribution in [-0.2, 0) is 20.8 Å². The number of nitrogen functional groups attached to an aromatic ring is 1. The van der Waals surface area contributed by atoms with E-state index in [-0.39, 0.29) is 11.8 Å². The Kier molecular flexibility index (Phi) is 8.15. The average molecular weight is 542 g/mol. The lowest BCUT2D eigenvalue weighted by atomic mass is 9.88. The molecule has 1 aliphatic rings. The number of nitrogens with one attached hydrogen (secondary N) is 2. The molecule has 1 saturated heterocycles. The molecule has 9 nitrogen and oxygen atoms in total. The fraction of sp³-hybridized carbons (Fsp3) is 0.227. The van der Waals surface area contributed by atoms with E-state index in [4.69, 9.17) is 27.2 Å². The van der Waals surface area contributed by atoms with Crippen molar-refractivity contribution in [3.05, 3.63) is 57.5 Å². The fourth-order valence-corrected chi connectivity index (χ4v) is 4.40. The Morgan fingerprint density at radius 3 is 2.58 bits per heavy atom. The summed E-state index contributed by atoms with van der Waals surface area (Å²) in [4.78, 5) is 43.1.